The van der Waals surface area contributed by atoms with E-state index in [4.69, 9.17) is 11.6 Å². The minimum atomic E-state index is -0.0425. The summed E-state index contributed by atoms with van der Waals surface area (Å²) in [5, 5.41) is 1.42. The molecule has 1 aromatic carbocycles. The van der Waals surface area contributed by atoms with E-state index in [0.717, 1.165) is 17.4 Å². The van der Waals surface area contributed by atoms with Gasteiger partial charge in [0.25, 0.3) is 5.56 Å². The number of fused-ring (bicyclic) bond motifs is 3. The van der Waals surface area contributed by atoms with Crippen LogP contribution in [0.25, 0.3) is 21.9 Å². The molecule has 0 unspecified atom stereocenters. The minimum absolute atomic E-state index is 0.0425. The molecule has 3 aromatic rings. The summed E-state index contributed by atoms with van der Waals surface area (Å²) in [6.07, 6.45) is 1.64. The molecule has 2 heterocycles. The second kappa shape index (κ2) is 6.57. The Morgan fingerprint density at radius 2 is 1.96 bits per heavy atom. The number of aromatic nitrogens is 3. The van der Waals surface area contributed by atoms with Crippen LogP contribution in [0.4, 0.5) is 0 Å². The Balaban J connectivity index is 1.99. The molecule has 0 amide bonds. The summed E-state index contributed by atoms with van der Waals surface area (Å²) in [6, 6.07) is 6.63. The molecule has 0 aliphatic carbocycles. The molecule has 6 heteroatoms. The number of benzene rings is 1. The van der Waals surface area contributed by atoms with Crippen molar-refractivity contribution in [2.45, 2.75) is 46.3 Å². The van der Waals surface area contributed by atoms with Crippen molar-refractivity contribution in [1.82, 2.24) is 14.5 Å². The molecule has 2 aromatic heterocycles. The highest BCUT2D eigenvalue weighted by Crippen LogP contribution is 2.28. The second-order valence-electron chi connectivity index (χ2n) is 6.89. The van der Waals surface area contributed by atoms with Gasteiger partial charge in [-0.3, -0.25) is 9.36 Å². The summed E-state index contributed by atoms with van der Waals surface area (Å²) >= 11 is 6.27. The molecule has 0 radical (unpaired) electrons. The average Bonchev–Trinajstić information content (AvgIpc) is 2.89. The second-order valence-corrected chi connectivity index (χ2v) is 7.30. The standard InChI is InChI=1S/C18H23ClN4O/c1-11(2)23(12(3)4)9-8-22-10-20-16-15-13(19)6-5-7-14(15)21-17(16)18(22)24/h5-7,10-12,21H,8-9H2,1-4H3/p+1. The lowest BCUT2D eigenvalue weighted by atomic mass is 10.2. The topological polar surface area (TPSA) is 55.1 Å². The monoisotopic (exact) mass is 347 g/mol. The van der Waals surface area contributed by atoms with Crippen molar-refractivity contribution in [1.29, 1.82) is 0 Å². The van der Waals surface area contributed by atoms with Gasteiger partial charge in [-0.2, -0.15) is 0 Å². The van der Waals surface area contributed by atoms with Crippen LogP contribution < -0.4 is 10.5 Å². The number of rotatable bonds is 5. The highest BCUT2D eigenvalue weighted by molar-refractivity contribution is 6.37. The predicted octanol–water partition coefficient (Wildman–Crippen LogP) is 2.23. The van der Waals surface area contributed by atoms with E-state index in [2.05, 4.69) is 37.7 Å². The fourth-order valence-electron chi connectivity index (χ4n) is 3.45. The SMILES string of the molecule is CC(C)[NH+](CCn1cnc2c([nH]c3cccc(Cl)c32)c1=O)C(C)C. The fraction of sp³-hybridized carbons (Fsp3) is 0.444. The zero-order chi connectivity index (χ0) is 17.4. The largest absolute Gasteiger partial charge is 0.349 e. The van der Waals surface area contributed by atoms with Crippen molar-refractivity contribution in [3.63, 3.8) is 0 Å². The molecule has 0 atom stereocenters. The van der Waals surface area contributed by atoms with Crippen LogP contribution in [0.2, 0.25) is 5.02 Å². The third-order valence-corrected chi connectivity index (χ3v) is 4.99. The maximum Gasteiger partial charge on any atom is 0.277 e. The van der Waals surface area contributed by atoms with E-state index in [1.807, 2.05) is 18.2 Å². The molecule has 5 nitrogen and oxygen atoms in total. The van der Waals surface area contributed by atoms with Crippen molar-refractivity contribution >= 4 is 33.5 Å². The Kier molecular flexibility index (Phi) is 4.65. The lowest BCUT2D eigenvalue weighted by Gasteiger charge is -2.27. The van der Waals surface area contributed by atoms with Gasteiger partial charge in [-0.05, 0) is 39.8 Å². The molecule has 128 valence electrons. The van der Waals surface area contributed by atoms with Crippen LogP contribution in [0.5, 0.6) is 0 Å². The lowest BCUT2D eigenvalue weighted by Crippen LogP contribution is -3.18. The Labute approximate surface area is 146 Å². The molecule has 2 N–H and O–H groups in total. The summed E-state index contributed by atoms with van der Waals surface area (Å²) in [5.74, 6) is 0. The van der Waals surface area contributed by atoms with Crippen molar-refractivity contribution in [2.75, 3.05) is 6.54 Å². The first-order chi connectivity index (χ1) is 11.4. The van der Waals surface area contributed by atoms with E-state index in [-0.39, 0.29) is 5.56 Å². The molecular weight excluding hydrogens is 324 g/mol. The maximum atomic E-state index is 12.8. The number of nitrogens with one attached hydrogen (secondary N) is 2. The Bertz CT molecular complexity index is 918. The van der Waals surface area contributed by atoms with Gasteiger partial charge in [0.2, 0.25) is 0 Å². The fourth-order valence-corrected chi connectivity index (χ4v) is 3.71. The van der Waals surface area contributed by atoms with Crippen molar-refractivity contribution in [3.05, 3.63) is 39.9 Å². The Morgan fingerprint density at radius 3 is 2.62 bits per heavy atom. The summed E-state index contributed by atoms with van der Waals surface area (Å²) in [6.45, 7) is 10.4. The van der Waals surface area contributed by atoms with Crippen molar-refractivity contribution in [3.8, 4) is 0 Å². The van der Waals surface area contributed by atoms with Crippen LogP contribution in [-0.4, -0.2) is 33.2 Å². The van der Waals surface area contributed by atoms with Gasteiger partial charge in [0.1, 0.15) is 11.0 Å². The predicted molar refractivity (Wildman–Crippen MR) is 99.0 cm³/mol. The van der Waals surface area contributed by atoms with E-state index in [9.17, 15) is 4.79 Å². The van der Waals surface area contributed by atoms with Gasteiger partial charge in [-0.1, -0.05) is 17.7 Å². The highest BCUT2D eigenvalue weighted by atomic mass is 35.5. The Hall–Kier alpha value is -1.85. The van der Waals surface area contributed by atoms with E-state index in [1.165, 1.54) is 4.90 Å². The van der Waals surface area contributed by atoms with Crippen molar-refractivity contribution in [2.24, 2.45) is 0 Å². The number of hydrogen-bond acceptors (Lipinski definition) is 2. The minimum Gasteiger partial charge on any atom is -0.349 e. The Morgan fingerprint density at radius 1 is 1.25 bits per heavy atom. The van der Waals surface area contributed by atoms with Crippen LogP contribution in [0.15, 0.2) is 29.3 Å². The number of hydrogen-bond donors (Lipinski definition) is 2. The number of aromatic amines is 1. The van der Waals surface area contributed by atoms with Crippen molar-refractivity contribution < 1.29 is 4.90 Å². The van der Waals surface area contributed by atoms with Gasteiger partial charge < -0.3 is 9.88 Å². The van der Waals surface area contributed by atoms with Gasteiger partial charge in [0.05, 0.1) is 36.5 Å². The molecule has 3 rings (SSSR count). The van der Waals surface area contributed by atoms with Crippen LogP contribution in [0, 0.1) is 0 Å². The number of nitrogens with zero attached hydrogens (tertiary/aromatic N) is 2. The van der Waals surface area contributed by atoms with Crippen LogP contribution >= 0.6 is 11.6 Å². The molecule has 0 saturated heterocycles. The van der Waals surface area contributed by atoms with E-state index in [1.54, 1.807) is 10.9 Å². The third-order valence-electron chi connectivity index (χ3n) is 4.67. The van der Waals surface area contributed by atoms with Gasteiger partial charge in [0.15, 0.2) is 0 Å². The molecule has 0 bridgehead atoms. The van der Waals surface area contributed by atoms with E-state index in [0.29, 0.717) is 34.7 Å². The number of H-pyrrole nitrogens is 1. The summed E-state index contributed by atoms with van der Waals surface area (Å²) in [7, 11) is 0. The van der Waals surface area contributed by atoms with Gasteiger partial charge in [-0.15, -0.1) is 0 Å². The zero-order valence-electron chi connectivity index (χ0n) is 14.6. The summed E-state index contributed by atoms with van der Waals surface area (Å²) in [4.78, 5) is 21.9. The first kappa shape index (κ1) is 17.0. The van der Waals surface area contributed by atoms with Crippen LogP contribution in [0.1, 0.15) is 27.7 Å². The van der Waals surface area contributed by atoms with Crippen LogP contribution in [0.3, 0.4) is 0 Å². The van der Waals surface area contributed by atoms with Gasteiger partial charge >= 0.3 is 0 Å². The van der Waals surface area contributed by atoms with Gasteiger partial charge in [-0.25, -0.2) is 4.98 Å². The zero-order valence-corrected chi connectivity index (χ0v) is 15.3. The lowest BCUT2D eigenvalue weighted by molar-refractivity contribution is -0.942. The summed E-state index contributed by atoms with van der Waals surface area (Å²) in [5.41, 5.74) is 1.97. The van der Waals surface area contributed by atoms with E-state index >= 15 is 0 Å². The van der Waals surface area contributed by atoms with E-state index < -0.39 is 0 Å². The summed E-state index contributed by atoms with van der Waals surface area (Å²) < 4.78 is 1.69. The quantitative estimate of drug-likeness (QED) is 0.743. The molecule has 0 spiro atoms. The molecule has 0 saturated carbocycles. The third kappa shape index (κ3) is 2.94. The normalized spacial score (nSPS) is 12.3. The molecule has 0 aliphatic heterocycles. The highest BCUT2D eigenvalue weighted by Gasteiger charge is 2.18. The van der Waals surface area contributed by atoms with Crippen LogP contribution in [-0.2, 0) is 6.54 Å². The average molecular weight is 348 g/mol. The smallest absolute Gasteiger partial charge is 0.277 e. The molecular formula is C18H24ClN4O+. The van der Waals surface area contributed by atoms with Gasteiger partial charge in [0, 0.05) is 10.9 Å². The first-order valence-corrected chi connectivity index (χ1v) is 8.79. The first-order valence-electron chi connectivity index (χ1n) is 8.41. The molecule has 0 aliphatic rings. The molecule has 0 fully saturated rings. The number of quaternary nitrogens is 1. The maximum absolute atomic E-state index is 12.8. The molecule has 24 heavy (non-hydrogen) atoms. The number of halogens is 1.